The fourth-order valence-electron chi connectivity index (χ4n) is 4.56. The Hall–Kier alpha value is -2.56. The maximum atomic E-state index is 14.3. The van der Waals surface area contributed by atoms with Crippen molar-refractivity contribution in [1.82, 2.24) is 9.97 Å². The van der Waals surface area contributed by atoms with Gasteiger partial charge >= 0.3 is 0 Å². The second kappa shape index (κ2) is 15.4. The average Bonchev–Trinajstić information content (AvgIpc) is 2.86. The largest absolute Gasteiger partial charge is 0.369 e. The molecule has 0 saturated carbocycles. The quantitative estimate of drug-likeness (QED) is 0.195. The van der Waals surface area contributed by atoms with E-state index in [-0.39, 0.29) is 11.4 Å². The Kier molecular flexibility index (Phi) is 11.9. The number of rotatable bonds is 17. The van der Waals surface area contributed by atoms with Gasteiger partial charge in [-0.3, -0.25) is 0 Å². The van der Waals surface area contributed by atoms with Crippen LogP contribution >= 0.6 is 0 Å². The van der Waals surface area contributed by atoms with E-state index < -0.39 is 11.6 Å². The number of para-hydroxylation sites is 1. The number of fused-ring (bicyclic) bond motifs is 1. The third kappa shape index (κ3) is 8.87. The van der Waals surface area contributed by atoms with Crippen molar-refractivity contribution >= 4 is 16.7 Å². The van der Waals surface area contributed by atoms with Gasteiger partial charge in [0.05, 0.1) is 11.1 Å². The Labute approximate surface area is 209 Å². The van der Waals surface area contributed by atoms with Gasteiger partial charge in [-0.1, -0.05) is 109 Å². The highest BCUT2D eigenvalue weighted by atomic mass is 19.1. The molecule has 35 heavy (non-hydrogen) atoms. The summed E-state index contributed by atoms with van der Waals surface area (Å²) in [6.45, 7) is 3.04. The Morgan fingerprint density at radius 2 is 1.17 bits per heavy atom. The Bertz CT molecular complexity index is 1000. The van der Waals surface area contributed by atoms with Gasteiger partial charge in [0, 0.05) is 11.9 Å². The molecule has 0 atom stereocenters. The van der Waals surface area contributed by atoms with Gasteiger partial charge in [0.2, 0.25) is 0 Å². The Morgan fingerprint density at radius 3 is 1.77 bits per heavy atom. The lowest BCUT2D eigenvalue weighted by molar-refractivity contribution is 0.537. The van der Waals surface area contributed by atoms with E-state index >= 15 is 0 Å². The van der Waals surface area contributed by atoms with Crippen LogP contribution in [0.3, 0.4) is 0 Å². The van der Waals surface area contributed by atoms with Crippen molar-refractivity contribution < 1.29 is 8.78 Å². The number of anilines is 1. The van der Waals surface area contributed by atoms with Crippen molar-refractivity contribution in [3.8, 4) is 11.4 Å². The molecule has 3 rings (SSSR count). The first-order valence-electron chi connectivity index (χ1n) is 13.7. The lowest BCUT2D eigenvalue weighted by Crippen LogP contribution is -2.06. The number of aromatic nitrogens is 2. The fourth-order valence-corrected chi connectivity index (χ4v) is 4.56. The molecule has 0 aliphatic rings. The summed E-state index contributed by atoms with van der Waals surface area (Å²) in [5.74, 6) is -0.609. The molecule has 3 aromatic rings. The second-order valence-corrected chi connectivity index (χ2v) is 9.53. The zero-order chi connectivity index (χ0) is 24.7. The summed E-state index contributed by atoms with van der Waals surface area (Å²) in [6.07, 6.45) is 18.5. The molecule has 0 aliphatic heterocycles. The highest BCUT2D eigenvalue weighted by Crippen LogP contribution is 2.28. The van der Waals surface area contributed by atoms with Gasteiger partial charge in [-0.2, -0.15) is 0 Å². The van der Waals surface area contributed by atoms with Gasteiger partial charge in [0.25, 0.3) is 0 Å². The van der Waals surface area contributed by atoms with Crippen molar-refractivity contribution in [3.05, 3.63) is 54.1 Å². The number of hydrogen-bond acceptors (Lipinski definition) is 3. The number of unbranched alkanes of at least 4 members (excludes halogenated alkanes) is 13. The molecule has 0 saturated heterocycles. The minimum absolute atomic E-state index is 0.0720. The zero-order valence-electron chi connectivity index (χ0n) is 21.3. The normalized spacial score (nSPS) is 11.3. The molecule has 0 unspecified atom stereocenters. The van der Waals surface area contributed by atoms with E-state index in [1.54, 1.807) is 0 Å². The molecule has 1 N–H and O–H groups in total. The van der Waals surface area contributed by atoms with Gasteiger partial charge in [-0.25, -0.2) is 18.7 Å². The van der Waals surface area contributed by atoms with Gasteiger partial charge in [0.15, 0.2) is 5.82 Å². The topological polar surface area (TPSA) is 37.8 Å². The second-order valence-electron chi connectivity index (χ2n) is 9.53. The van der Waals surface area contributed by atoms with E-state index in [0.717, 1.165) is 18.4 Å². The minimum atomic E-state index is -0.654. The molecule has 0 fully saturated rings. The van der Waals surface area contributed by atoms with Crippen molar-refractivity contribution in [3.63, 3.8) is 0 Å². The van der Waals surface area contributed by atoms with Gasteiger partial charge < -0.3 is 5.32 Å². The molecular formula is C30H41F2N3. The maximum Gasteiger partial charge on any atom is 0.168 e. The maximum absolute atomic E-state index is 14.3. The molecule has 1 aromatic heterocycles. The van der Waals surface area contributed by atoms with Crippen molar-refractivity contribution in [2.45, 2.75) is 96.8 Å². The molecule has 0 spiro atoms. The summed E-state index contributed by atoms with van der Waals surface area (Å²) in [7, 11) is 0. The summed E-state index contributed by atoms with van der Waals surface area (Å²) in [5, 5.41) is 4.24. The lowest BCUT2D eigenvalue weighted by atomic mass is 10.0. The fraction of sp³-hybridized carbons (Fsp3) is 0.533. The molecule has 3 nitrogen and oxygen atoms in total. The monoisotopic (exact) mass is 481 g/mol. The minimum Gasteiger partial charge on any atom is -0.369 e. The number of nitrogens with one attached hydrogen (secondary N) is 1. The third-order valence-electron chi connectivity index (χ3n) is 6.61. The van der Waals surface area contributed by atoms with Crippen molar-refractivity contribution in [2.24, 2.45) is 0 Å². The SMILES string of the molecule is CCCCCCCCCCCCCCCCNc1nc(-c2c(F)cccc2F)nc2ccccc12. The van der Waals surface area contributed by atoms with Crippen molar-refractivity contribution in [1.29, 1.82) is 0 Å². The third-order valence-corrected chi connectivity index (χ3v) is 6.61. The molecule has 5 heteroatoms. The Morgan fingerprint density at radius 1 is 0.629 bits per heavy atom. The summed E-state index contributed by atoms with van der Waals surface area (Å²) >= 11 is 0. The van der Waals surface area contributed by atoms with E-state index in [1.165, 1.54) is 102 Å². The van der Waals surface area contributed by atoms with E-state index in [2.05, 4.69) is 22.2 Å². The summed E-state index contributed by atoms with van der Waals surface area (Å²) in [5.41, 5.74) is 0.487. The van der Waals surface area contributed by atoms with Crippen LogP contribution in [0.1, 0.15) is 96.8 Å². The van der Waals surface area contributed by atoms with Crippen LogP contribution < -0.4 is 5.32 Å². The predicted octanol–water partition coefficient (Wildman–Crippen LogP) is 9.47. The Balaban J connectivity index is 1.38. The number of nitrogens with zero attached hydrogens (tertiary/aromatic N) is 2. The van der Waals surface area contributed by atoms with Crippen LogP contribution in [0.4, 0.5) is 14.6 Å². The summed E-state index contributed by atoms with van der Waals surface area (Å²) in [4.78, 5) is 8.91. The van der Waals surface area contributed by atoms with E-state index in [4.69, 9.17) is 0 Å². The first-order chi connectivity index (χ1) is 17.2. The molecule has 0 amide bonds. The van der Waals surface area contributed by atoms with Crippen LogP contribution in [-0.2, 0) is 0 Å². The summed E-state index contributed by atoms with van der Waals surface area (Å²) in [6, 6.07) is 11.4. The smallest absolute Gasteiger partial charge is 0.168 e. The lowest BCUT2D eigenvalue weighted by Gasteiger charge is -2.12. The number of hydrogen-bond donors (Lipinski definition) is 1. The van der Waals surface area contributed by atoms with E-state index in [0.29, 0.717) is 11.3 Å². The molecule has 0 bridgehead atoms. The van der Waals surface area contributed by atoms with Crippen LogP contribution in [0.5, 0.6) is 0 Å². The number of halogens is 2. The molecule has 0 radical (unpaired) electrons. The molecule has 0 aliphatic carbocycles. The summed E-state index contributed by atoms with van der Waals surface area (Å²) < 4.78 is 28.7. The van der Waals surface area contributed by atoms with Crippen LogP contribution in [0.2, 0.25) is 0 Å². The average molecular weight is 482 g/mol. The standard InChI is InChI=1S/C30H41F2N3/c1-2-3-4-5-6-7-8-9-10-11-12-13-14-17-23-33-29-24-19-15-16-22-27(24)34-30(35-29)28-25(31)20-18-21-26(28)32/h15-16,18-22H,2-14,17,23H2,1H3,(H,33,34,35). The molecular weight excluding hydrogens is 440 g/mol. The van der Waals surface area contributed by atoms with Crippen LogP contribution in [-0.4, -0.2) is 16.5 Å². The highest BCUT2D eigenvalue weighted by molar-refractivity contribution is 5.90. The predicted molar refractivity (Wildman–Crippen MR) is 144 cm³/mol. The van der Waals surface area contributed by atoms with E-state index in [1.807, 2.05) is 24.3 Å². The first kappa shape index (κ1) is 27.0. The zero-order valence-corrected chi connectivity index (χ0v) is 21.3. The van der Waals surface area contributed by atoms with Gasteiger partial charge in [-0.05, 0) is 30.7 Å². The van der Waals surface area contributed by atoms with Crippen LogP contribution in [0, 0.1) is 11.6 Å². The van der Waals surface area contributed by atoms with Gasteiger partial charge in [-0.15, -0.1) is 0 Å². The molecule has 2 aromatic carbocycles. The highest BCUT2D eigenvalue weighted by Gasteiger charge is 2.16. The van der Waals surface area contributed by atoms with Gasteiger partial charge in [0.1, 0.15) is 17.5 Å². The number of benzene rings is 2. The van der Waals surface area contributed by atoms with Crippen molar-refractivity contribution in [2.75, 3.05) is 11.9 Å². The van der Waals surface area contributed by atoms with Crippen LogP contribution in [0.25, 0.3) is 22.3 Å². The molecule has 190 valence electrons. The first-order valence-corrected chi connectivity index (χ1v) is 13.7. The van der Waals surface area contributed by atoms with E-state index in [9.17, 15) is 8.78 Å². The molecule has 1 heterocycles. The van der Waals surface area contributed by atoms with Crippen LogP contribution in [0.15, 0.2) is 42.5 Å².